The maximum absolute atomic E-state index is 12.6. The number of likely N-dealkylation sites (N-methyl/N-ethyl adjacent to an activating group) is 1. The highest BCUT2D eigenvalue weighted by molar-refractivity contribution is 5.95. The number of hydrogen-bond acceptors (Lipinski definition) is 3. The molecule has 0 radical (unpaired) electrons. The molecule has 1 aliphatic heterocycles. The number of carbonyl (C=O) groups is 1. The van der Waals surface area contributed by atoms with Gasteiger partial charge in [0.05, 0.1) is 6.10 Å². The molecule has 0 aromatic heterocycles. The molecule has 0 atom stereocenters. The van der Waals surface area contributed by atoms with Gasteiger partial charge in [-0.2, -0.15) is 0 Å². The highest BCUT2D eigenvalue weighted by Crippen LogP contribution is 2.18. The molecule has 1 aromatic carbocycles. The molecule has 0 bridgehead atoms. The van der Waals surface area contributed by atoms with E-state index in [2.05, 4.69) is 5.32 Å². The SMILES string of the molecule is CNCCc1ccccc1C(=O)N1CCC(OC)CC1. The number of amides is 1. The second-order valence-electron chi connectivity index (χ2n) is 5.24. The van der Waals surface area contributed by atoms with E-state index in [1.807, 2.05) is 36.2 Å². The second-order valence-corrected chi connectivity index (χ2v) is 5.24. The van der Waals surface area contributed by atoms with E-state index in [4.69, 9.17) is 4.74 Å². The summed E-state index contributed by atoms with van der Waals surface area (Å²) in [6.07, 6.45) is 3.05. The van der Waals surface area contributed by atoms with Crippen molar-refractivity contribution in [2.75, 3.05) is 33.8 Å². The first-order valence-corrected chi connectivity index (χ1v) is 7.31. The Morgan fingerprint density at radius 1 is 1.35 bits per heavy atom. The van der Waals surface area contributed by atoms with Crippen LogP contribution in [-0.4, -0.2) is 50.7 Å². The van der Waals surface area contributed by atoms with Crippen molar-refractivity contribution in [3.8, 4) is 0 Å². The Morgan fingerprint density at radius 3 is 2.70 bits per heavy atom. The lowest BCUT2D eigenvalue weighted by atomic mass is 10.0. The highest BCUT2D eigenvalue weighted by atomic mass is 16.5. The van der Waals surface area contributed by atoms with E-state index >= 15 is 0 Å². The molecular weight excluding hydrogens is 252 g/mol. The summed E-state index contributed by atoms with van der Waals surface area (Å²) in [6.45, 7) is 2.46. The number of nitrogens with one attached hydrogen (secondary N) is 1. The Labute approximate surface area is 121 Å². The molecule has 0 spiro atoms. The lowest BCUT2D eigenvalue weighted by Crippen LogP contribution is -2.41. The van der Waals surface area contributed by atoms with E-state index in [0.29, 0.717) is 6.10 Å². The normalized spacial score (nSPS) is 16.4. The third-order valence-electron chi connectivity index (χ3n) is 3.95. The van der Waals surface area contributed by atoms with Gasteiger partial charge in [0, 0.05) is 25.8 Å². The molecule has 110 valence electrons. The molecule has 1 amide bonds. The van der Waals surface area contributed by atoms with Gasteiger partial charge >= 0.3 is 0 Å². The Hall–Kier alpha value is -1.39. The van der Waals surface area contributed by atoms with Crippen LogP contribution in [-0.2, 0) is 11.2 Å². The van der Waals surface area contributed by atoms with Crippen molar-refractivity contribution in [3.05, 3.63) is 35.4 Å². The summed E-state index contributed by atoms with van der Waals surface area (Å²) in [5.41, 5.74) is 1.97. The van der Waals surface area contributed by atoms with E-state index in [1.54, 1.807) is 7.11 Å². The van der Waals surface area contributed by atoms with Crippen LogP contribution < -0.4 is 5.32 Å². The number of piperidine rings is 1. The number of nitrogens with zero attached hydrogens (tertiary/aromatic N) is 1. The molecule has 0 aliphatic carbocycles. The van der Waals surface area contributed by atoms with Crippen LogP contribution in [0.4, 0.5) is 0 Å². The summed E-state index contributed by atoms with van der Waals surface area (Å²) in [6, 6.07) is 7.93. The van der Waals surface area contributed by atoms with Gasteiger partial charge in [-0.15, -0.1) is 0 Å². The van der Waals surface area contributed by atoms with Gasteiger partial charge < -0.3 is 15.0 Å². The van der Waals surface area contributed by atoms with Crippen molar-refractivity contribution in [2.24, 2.45) is 0 Å². The lowest BCUT2D eigenvalue weighted by molar-refractivity contribution is 0.0350. The van der Waals surface area contributed by atoms with Gasteiger partial charge in [-0.3, -0.25) is 4.79 Å². The van der Waals surface area contributed by atoms with Crippen LogP contribution in [0, 0.1) is 0 Å². The Bertz CT molecular complexity index is 440. The zero-order valence-electron chi connectivity index (χ0n) is 12.4. The molecule has 1 saturated heterocycles. The molecule has 4 nitrogen and oxygen atoms in total. The van der Waals surface area contributed by atoms with Gasteiger partial charge in [-0.1, -0.05) is 18.2 Å². The van der Waals surface area contributed by atoms with Gasteiger partial charge in [0.1, 0.15) is 0 Å². The summed E-state index contributed by atoms with van der Waals surface area (Å²) in [4.78, 5) is 14.6. The van der Waals surface area contributed by atoms with E-state index in [1.165, 1.54) is 0 Å². The predicted molar refractivity (Wildman–Crippen MR) is 80.0 cm³/mol. The minimum Gasteiger partial charge on any atom is -0.381 e. The quantitative estimate of drug-likeness (QED) is 0.890. The third kappa shape index (κ3) is 3.58. The maximum atomic E-state index is 12.6. The highest BCUT2D eigenvalue weighted by Gasteiger charge is 2.24. The average Bonchev–Trinajstić information content (AvgIpc) is 2.52. The maximum Gasteiger partial charge on any atom is 0.254 e. The van der Waals surface area contributed by atoms with E-state index < -0.39 is 0 Å². The fourth-order valence-electron chi connectivity index (χ4n) is 2.67. The molecular formula is C16H24N2O2. The number of hydrogen-bond donors (Lipinski definition) is 1. The monoisotopic (exact) mass is 276 g/mol. The Morgan fingerprint density at radius 2 is 2.05 bits per heavy atom. The smallest absolute Gasteiger partial charge is 0.254 e. The van der Waals surface area contributed by atoms with Crippen molar-refractivity contribution < 1.29 is 9.53 Å². The summed E-state index contributed by atoms with van der Waals surface area (Å²) in [7, 11) is 3.68. The fraction of sp³-hybridized carbons (Fsp3) is 0.562. The number of benzene rings is 1. The van der Waals surface area contributed by atoms with Gasteiger partial charge in [0.15, 0.2) is 0 Å². The van der Waals surface area contributed by atoms with Crippen LogP contribution in [0.3, 0.4) is 0 Å². The molecule has 1 aliphatic rings. The van der Waals surface area contributed by atoms with Gasteiger partial charge in [-0.05, 0) is 44.5 Å². The van der Waals surface area contributed by atoms with E-state index in [0.717, 1.165) is 50.0 Å². The number of ether oxygens (including phenoxy) is 1. The summed E-state index contributed by atoms with van der Waals surface area (Å²) in [5.74, 6) is 0.159. The first-order chi connectivity index (χ1) is 9.76. The summed E-state index contributed by atoms with van der Waals surface area (Å²) >= 11 is 0. The number of likely N-dealkylation sites (tertiary alicyclic amines) is 1. The lowest BCUT2D eigenvalue weighted by Gasteiger charge is -2.31. The van der Waals surface area contributed by atoms with Crippen molar-refractivity contribution in [3.63, 3.8) is 0 Å². The molecule has 0 unspecified atom stereocenters. The van der Waals surface area contributed by atoms with Crippen LogP contribution in [0.1, 0.15) is 28.8 Å². The standard InChI is InChI=1S/C16H24N2O2/c1-17-10-7-13-5-3-4-6-15(13)16(19)18-11-8-14(20-2)9-12-18/h3-6,14,17H,7-12H2,1-2H3. The first-order valence-electron chi connectivity index (χ1n) is 7.31. The molecule has 4 heteroatoms. The van der Waals surface area contributed by atoms with Crippen molar-refractivity contribution in [2.45, 2.75) is 25.4 Å². The zero-order chi connectivity index (χ0) is 14.4. The fourth-order valence-corrected chi connectivity index (χ4v) is 2.67. The minimum absolute atomic E-state index is 0.159. The molecule has 0 saturated carbocycles. The number of carbonyl (C=O) groups excluding carboxylic acids is 1. The van der Waals surface area contributed by atoms with Crippen molar-refractivity contribution in [1.82, 2.24) is 10.2 Å². The third-order valence-corrected chi connectivity index (χ3v) is 3.95. The van der Waals surface area contributed by atoms with Crippen LogP contribution in [0.15, 0.2) is 24.3 Å². The van der Waals surface area contributed by atoms with Gasteiger partial charge in [-0.25, -0.2) is 0 Å². The summed E-state index contributed by atoms with van der Waals surface area (Å²) in [5, 5.41) is 3.13. The van der Waals surface area contributed by atoms with Crippen LogP contribution in [0.5, 0.6) is 0 Å². The molecule has 1 aromatic rings. The Kier molecular flexibility index (Phi) is 5.56. The second kappa shape index (κ2) is 7.41. The van der Waals surface area contributed by atoms with Crippen LogP contribution in [0.25, 0.3) is 0 Å². The van der Waals surface area contributed by atoms with E-state index in [9.17, 15) is 4.79 Å². The number of methoxy groups -OCH3 is 1. The molecule has 1 fully saturated rings. The zero-order valence-corrected chi connectivity index (χ0v) is 12.4. The van der Waals surface area contributed by atoms with Gasteiger partial charge in [0.25, 0.3) is 5.91 Å². The first kappa shape index (κ1) is 15.0. The van der Waals surface area contributed by atoms with Crippen LogP contribution >= 0.6 is 0 Å². The molecule has 1 N–H and O–H groups in total. The van der Waals surface area contributed by atoms with Crippen molar-refractivity contribution >= 4 is 5.91 Å². The minimum atomic E-state index is 0.159. The average molecular weight is 276 g/mol. The summed E-state index contributed by atoms with van der Waals surface area (Å²) < 4.78 is 5.36. The molecule has 20 heavy (non-hydrogen) atoms. The van der Waals surface area contributed by atoms with Crippen molar-refractivity contribution in [1.29, 1.82) is 0 Å². The predicted octanol–water partition coefficient (Wildman–Crippen LogP) is 1.70. The number of rotatable bonds is 5. The Balaban J connectivity index is 2.05. The van der Waals surface area contributed by atoms with E-state index in [-0.39, 0.29) is 5.91 Å². The molecule has 1 heterocycles. The topological polar surface area (TPSA) is 41.6 Å². The molecule has 2 rings (SSSR count). The van der Waals surface area contributed by atoms with Crippen LogP contribution in [0.2, 0.25) is 0 Å². The van der Waals surface area contributed by atoms with Gasteiger partial charge in [0.2, 0.25) is 0 Å². The largest absolute Gasteiger partial charge is 0.381 e.